The van der Waals surface area contributed by atoms with E-state index < -0.39 is 0 Å². The highest BCUT2D eigenvalue weighted by molar-refractivity contribution is 6.09. The highest BCUT2D eigenvalue weighted by atomic mass is 16.3. The van der Waals surface area contributed by atoms with Crippen LogP contribution in [0.15, 0.2) is 126 Å². The van der Waals surface area contributed by atoms with Gasteiger partial charge in [-0.2, -0.15) is 0 Å². The summed E-state index contributed by atoms with van der Waals surface area (Å²) in [6.45, 7) is 7.25. The molecule has 0 saturated carbocycles. The van der Waals surface area contributed by atoms with Crippen molar-refractivity contribution in [3.63, 3.8) is 0 Å². The third-order valence-electron chi connectivity index (χ3n) is 6.09. The van der Waals surface area contributed by atoms with Crippen LogP contribution < -0.4 is 4.90 Å². The molecule has 0 spiro atoms. The van der Waals surface area contributed by atoms with Crippen LogP contribution in [-0.2, 0) is 0 Å². The lowest BCUT2D eigenvalue weighted by Gasteiger charge is -2.25. The third kappa shape index (κ3) is 3.39. The molecule has 6 aromatic rings. The van der Waals surface area contributed by atoms with Crippen molar-refractivity contribution in [1.82, 2.24) is 0 Å². The van der Waals surface area contributed by atoms with Gasteiger partial charge < -0.3 is 9.32 Å². The van der Waals surface area contributed by atoms with Gasteiger partial charge >= 0.3 is 0 Å². The van der Waals surface area contributed by atoms with E-state index in [0.29, 0.717) is 5.69 Å². The highest BCUT2D eigenvalue weighted by Crippen LogP contribution is 2.39. The minimum Gasteiger partial charge on any atom is -0.455 e. The summed E-state index contributed by atoms with van der Waals surface area (Å²) in [5.74, 6) is 0. The van der Waals surface area contributed by atoms with Crippen molar-refractivity contribution in [2.24, 2.45) is 0 Å². The second-order valence-corrected chi connectivity index (χ2v) is 8.13. The number of para-hydroxylation sites is 3. The Bertz CT molecular complexity index is 1640. The molecule has 3 nitrogen and oxygen atoms in total. The van der Waals surface area contributed by atoms with Gasteiger partial charge in [0, 0.05) is 33.4 Å². The smallest absolute Gasteiger partial charge is 0.187 e. The Morgan fingerprint density at radius 1 is 0.559 bits per heavy atom. The molecule has 3 heteroatoms. The van der Waals surface area contributed by atoms with Crippen LogP contribution in [0.5, 0.6) is 0 Å². The second-order valence-electron chi connectivity index (χ2n) is 8.13. The van der Waals surface area contributed by atoms with Crippen LogP contribution >= 0.6 is 0 Å². The first-order chi connectivity index (χ1) is 16.8. The van der Waals surface area contributed by atoms with Gasteiger partial charge in [0.2, 0.25) is 0 Å². The minimum absolute atomic E-state index is 0.631. The summed E-state index contributed by atoms with van der Waals surface area (Å²) in [6.07, 6.45) is 0. The first kappa shape index (κ1) is 19.8. The molecule has 0 amide bonds. The molecule has 0 aliphatic carbocycles. The topological polar surface area (TPSA) is 20.7 Å². The van der Waals surface area contributed by atoms with Crippen molar-refractivity contribution in [3.05, 3.63) is 133 Å². The van der Waals surface area contributed by atoms with Gasteiger partial charge in [0.25, 0.3) is 0 Å². The van der Waals surface area contributed by atoms with E-state index in [1.54, 1.807) is 0 Å². The van der Waals surface area contributed by atoms with Gasteiger partial charge in [-0.05, 0) is 48.0 Å². The van der Waals surface area contributed by atoms with E-state index in [1.807, 2.05) is 60.7 Å². The highest BCUT2D eigenvalue weighted by Gasteiger charge is 2.15. The molecule has 0 fully saturated rings. The number of anilines is 3. The fraction of sp³-hybridized carbons (Fsp3) is 0. The van der Waals surface area contributed by atoms with Crippen LogP contribution in [0, 0.1) is 6.57 Å². The van der Waals surface area contributed by atoms with E-state index in [-0.39, 0.29) is 0 Å². The van der Waals surface area contributed by atoms with Gasteiger partial charge in [-0.15, -0.1) is 0 Å². The van der Waals surface area contributed by atoms with Gasteiger partial charge in [0.05, 0.1) is 6.57 Å². The Hall–Kier alpha value is -4.81. The van der Waals surface area contributed by atoms with Crippen molar-refractivity contribution >= 4 is 44.7 Å². The van der Waals surface area contributed by atoms with Crippen LogP contribution in [0.2, 0.25) is 0 Å². The van der Waals surface area contributed by atoms with E-state index in [4.69, 9.17) is 11.0 Å². The molecule has 6 rings (SSSR count). The van der Waals surface area contributed by atoms with E-state index in [1.165, 1.54) is 0 Å². The number of hydrogen-bond donors (Lipinski definition) is 0. The summed E-state index contributed by atoms with van der Waals surface area (Å²) < 4.78 is 6.24. The summed E-state index contributed by atoms with van der Waals surface area (Å²) in [5, 5.41) is 2.26. The molecule has 160 valence electrons. The fourth-order valence-electron chi connectivity index (χ4n) is 4.47. The van der Waals surface area contributed by atoms with Crippen molar-refractivity contribution in [1.29, 1.82) is 0 Å². The summed E-state index contributed by atoms with van der Waals surface area (Å²) in [4.78, 5) is 5.72. The Labute approximate surface area is 197 Å². The molecule has 0 aliphatic heterocycles. The number of fused-ring (bicyclic) bond motifs is 3. The molecule has 0 N–H and O–H groups in total. The van der Waals surface area contributed by atoms with Gasteiger partial charge in [-0.3, -0.25) is 0 Å². The lowest BCUT2D eigenvalue weighted by Crippen LogP contribution is -2.09. The maximum absolute atomic E-state index is 7.25. The predicted octanol–water partition coefficient (Wildman–Crippen LogP) is 9.27. The zero-order chi connectivity index (χ0) is 22.9. The summed E-state index contributed by atoms with van der Waals surface area (Å²) in [6, 6.07) is 41.0. The molecule has 0 aliphatic rings. The molecule has 0 bridgehead atoms. The number of hydrogen-bond acceptors (Lipinski definition) is 2. The quantitative estimate of drug-likeness (QED) is 0.257. The lowest BCUT2D eigenvalue weighted by molar-refractivity contribution is 0.670. The molecule has 0 saturated heterocycles. The predicted molar refractivity (Wildman–Crippen MR) is 140 cm³/mol. The van der Waals surface area contributed by atoms with Crippen molar-refractivity contribution in [2.45, 2.75) is 0 Å². The minimum atomic E-state index is 0.631. The van der Waals surface area contributed by atoms with Crippen LogP contribution in [0.1, 0.15) is 0 Å². The van der Waals surface area contributed by atoms with Gasteiger partial charge in [-0.1, -0.05) is 78.9 Å². The lowest BCUT2D eigenvalue weighted by atomic mass is 10.0. The average Bonchev–Trinajstić information content (AvgIpc) is 3.29. The molecule has 34 heavy (non-hydrogen) atoms. The second kappa shape index (κ2) is 8.27. The van der Waals surface area contributed by atoms with Gasteiger partial charge in [-0.25, -0.2) is 4.85 Å². The first-order valence-electron chi connectivity index (χ1n) is 11.2. The molecular formula is C31H20N2O. The summed E-state index contributed by atoms with van der Waals surface area (Å²) in [5.41, 5.74) is 7.73. The van der Waals surface area contributed by atoms with Crippen molar-refractivity contribution in [2.75, 3.05) is 4.90 Å². The molecule has 1 heterocycles. The maximum Gasteiger partial charge on any atom is 0.187 e. The maximum atomic E-state index is 7.25. The van der Waals surface area contributed by atoms with E-state index >= 15 is 0 Å². The molecule has 1 aromatic heterocycles. The zero-order valence-corrected chi connectivity index (χ0v) is 18.3. The van der Waals surface area contributed by atoms with Gasteiger partial charge in [0.1, 0.15) is 11.2 Å². The third-order valence-corrected chi connectivity index (χ3v) is 6.09. The zero-order valence-electron chi connectivity index (χ0n) is 18.3. The van der Waals surface area contributed by atoms with Gasteiger partial charge in [0.15, 0.2) is 5.69 Å². The van der Waals surface area contributed by atoms with Crippen LogP contribution in [-0.4, -0.2) is 0 Å². The Morgan fingerprint density at radius 3 is 1.91 bits per heavy atom. The van der Waals surface area contributed by atoms with E-state index in [2.05, 4.69) is 70.4 Å². The number of nitrogens with zero attached hydrogens (tertiary/aromatic N) is 2. The Balaban J connectivity index is 1.44. The number of furan rings is 1. The largest absolute Gasteiger partial charge is 0.455 e. The van der Waals surface area contributed by atoms with Crippen LogP contribution in [0.3, 0.4) is 0 Å². The Kier molecular flexibility index (Phi) is 4.83. The molecule has 0 atom stereocenters. The normalized spacial score (nSPS) is 10.9. The fourth-order valence-corrected chi connectivity index (χ4v) is 4.47. The monoisotopic (exact) mass is 436 g/mol. The van der Waals surface area contributed by atoms with Crippen LogP contribution in [0.25, 0.3) is 37.9 Å². The van der Waals surface area contributed by atoms with E-state index in [0.717, 1.165) is 50.1 Å². The first-order valence-corrected chi connectivity index (χ1v) is 11.2. The molecular weight excluding hydrogens is 416 g/mol. The molecule has 0 unspecified atom stereocenters. The Morgan fingerprint density at radius 2 is 1.18 bits per heavy atom. The summed E-state index contributed by atoms with van der Waals surface area (Å²) in [7, 11) is 0. The van der Waals surface area contributed by atoms with Crippen LogP contribution in [0.4, 0.5) is 22.7 Å². The SMILES string of the molecule is [C-]#[N+]c1ccc(N(c2ccccc2)c2ccc(-c3cccc4c3oc3ccccc34)cc2)cc1. The molecule has 0 radical (unpaired) electrons. The number of benzene rings is 5. The summed E-state index contributed by atoms with van der Waals surface area (Å²) >= 11 is 0. The van der Waals surface area contributed by atoms with E-state index in [9.17, 15) is 0 Å². The number of rotatable bonds is 4. The standard InChI is InChI=1S/C31H20N2O/c1-32-23-16-20-26(21-17-23)33(24-8-3-2-4-9-24)25-18-14-22(15-19-25)27-11-7-12-29-28-10-5-6-13-30(28)34-31(27)29/h2-21H. The van der Waals surface area contributed by atoms with Crippen molar-refractivity contribution < 1.29 is 4.42 Å². The average molecular weight is 437 g/mol. The molecule has 5 aromatic carbocycles. The van der Waals surface area contributed by atoms with Crippen molar-refractivity contribution in [3.8, 4) is 11.1 Å².